The molecule has 0 aliphatic heterocycles. The Labute approximate surface area is 255 Å². The Hall–Kier alpha value is -5.24. The topological polar surface area (TPSA) is 0 Å². The third kappa shape index (κ3) is 3.90. The zero-order valence-electron chi connectivity index (χ0n) is 24.3. The molecule has 43 heavy (non-hydrogen) atoms. The summed E-state index contributed by atoms with van der Waals surface area (Å²) in [7, 11) is 0. The maximum atomic E-state index is 7.98. The van der Waals surface area contributed by atoms with E-state index in [0.29, 0.717) is 6.04 Å². The molecular weight excluding hydrogens is 537 g/mol. The predicted octanol–water partition coefficient (Wildman–Crippen LogP) is 12.5. The maximum absolute atomic E-state index is 7.98. The van der Waals surface area contributed by atoms with Crippen molar-refractivity contribution < 1.29 is 1.37 Å². The molecule has 8 aromatic carbocycles. The third-order valence-corrected chi connectivity index (χ3v) is 9.92. The lowest BCUT2D eigenvalue weighted by Crippen LogP contribution is -1.91. The summed E-state index contributed by atoms with van der Waals surface area (Å²) in [6, 6.07) is 55.3. The van der Waals surface area contributed by atoms with Crippen molar-refractivity contribution >= 4 is 63.8 Å². The molecule has 1 heteroatoms. The predicted molar refractivity (Wildman–Crippen MR) is 188 cm³/mol. The van der Waals surface area contributed by atoms with Crippen molar-refractivity contribution in [3.05, 3.63) is 158 Å². The van der Waals surface area contributed by atoms with Gasteiger partial charge in [-0.1, -0.05) is 127 Å². The molecular formula is C42H26S. The van der Waals surface area contributed by atoms with Crippen molar-refractivity contribution in [3.8, 4) is 33.4 Å². The first-order valence-corrected chi connectivity index (χ1v) is 15.5. The highest BCUT2D eigenvalue weighted by Gasteiger charge is 2.17. The van der Waals surface area contributed by atoms with E-state index in [9.17, 15) is 0 Å². The van der Waals surface area contributed by atoms with Crippen molar-refractivity contribution in [2.45, 2.75) is 0 Å². The molecule has 0 bridgehead atoms. The van der Waals surface area contributed by atoms with Crippen molar-refractivity contribution in [1.82, 2.24) is 0 Å². The van der Waals surface area contributed by atoms with Crippen LogP contribution in [-0.4, -0.2) is 0 Å². The highest BCUT2D eigenvalue weighted by Crippen LogP contribution is 2.45. The largest absolute Gasteiger partial charge is 0.135 e. The number of fused-ring (bicyclic) bond motifs is 6. The minimum atomic E-state index is 0.540. The van der Waals surface area contributed by atoms with Crippen LogP contribution in [0.25, 0.3) is 85.9 Å². The van der Waals surface area contributed by atoms with Crippen molar-refractivity contribution in [3.63, 3.8) is 0 Å². The number of rotatable bonds is 3. The molecule has 9 rings (SSSR count). The Bertz CT molecular complexity index is 2510. The lowest BCUT2D eigenvalue weighted by atomic mass is 9.85. The molecule has 0 atom stereocenters. The zero-order chi connectivity index (χ0) is 29.2. The lowest BCUT2D eigenvalue weighted by Gasteiger charge is -2.18. The van der Waals surface area contributed by atoms with Gasteiger partial charge in [-0.25, -0.2) is 0 Å². The van der Waals surface area contributed by atoms with Crippen molar-refractivity contribution in [2.75, 3.05) is 0 Å². The summed E-state index contributed by atoms with van der Waals surface area (Å²) in [4.78, 5) is 0. The van der Waals surface area contributed by atoms with Crippen LogP contribution in [0.15, 0.2) is 158 Å². The highest BCUT2D eigenvalue weighted by molar-refractivity contribution is 7.25. The molecule has 0 amide bonds. The summed E-state index contributed by atoms with van der Waals surface area (Å²) in [5, 5.41) is 9.95. The summed E-state index contributed by atoms with van der Waals surface area (Å²) in [5.74, 6) is 0. The summed E-state index contributed by atoms with van der Waals surface area (Å²) < 4.78 is 10.6. The van der Waals surface area contributed by atoms with Crippen LogP contribution in [-0.2, 0) is 0 Å². The minimum Gasteiger partial charge on any atom is -0.135 e. The van der Waals surface area contributed by atoms with Gasteiger partial charge in [0, 0.05) is 20.2 Å². The van der Waals surface area contributed by atoms with E-state index in [1.807, 2.05) is 29.5 Å². The van der Waals surface area contributed by atoms with E-state index in [4.69, 9.17) is 1.37 Å². The van der Waals surface area contributed by atoms with Crippen LogP contribution in [0.1, 0.15) is 1.37 Å². The van der Waals surface area contributed by atoms with Gasteiger partial charge in [0.15, 0.2) is 0 Å². The monoisotopic (exact) mass is 563 g/mol. The minimum absolute atomic E-state index is 0.540. The van der Waals surface area contributed by atoms with Gasteiger partial charge in [0.05, 0.1) is 1.37 Å². The van der Waals surface area contributed by atoms with Gasteiger partial charge < -0.3 is 0 Å². The van der Waals surface area contributed by atoms with Gasteiger partial charge in [-0.05, 0) is 96.0 Å². The molecule has 0 saturated heterocycles. The van der Waals surface area contributed by atoms with Gasteiger partial charge in [-0.3, -0.25) is 0 Å². The van der Waals surface area contributed by atoms with Crippen LogP contribution >= 0.6 is 11.3 Å². The first-order chi connectivity index (χ1) is 21.7. The maximum Gasteiger partial charge on any atom is 0.0623 e. The van der Waals surface area contributed by atoms with E-state index in [1.165, 1.54) is 75.1 Å². The molecule has 0 saturated carbocycles. The van der Waals surface area contributed by atoms with E-state index >= 15 is 0 Å². The Morgan fingerprint density at radius 2 is 0.930 bits per heavy atom. The Morgan fingerprint density at radius 1 is 0.349 bits per heavy atom. The second-order valence-electron chi connectivity index (χ2n) is 11.2. The first-order valence-electron chi connectivity index (χ1n) is 15.2. The molecule has 0 N–H and O–H groups in total. The summed E-state index contributed by atoms with van der Waals surface area (Å²) in [5.41, 5.74) is 7.38. The molecule has 0 aliphatic carbocycles. The molecule has 0 fully saturated rings. The Morgan fingerprint density at radius 3 is 1.67 bits per heavy atom. The molecule has 0 unspecified atom stereocenters. The van der Waals surface area contributed by atoms with Gasteiger partial charge >= 0.3 is 0 Å². The SMILES string of the molecule is [2H]c1ccc2cc(-c3cccc(-c4c5ccccc5c(-c5ccc6sc7ccccc7c6c5)c5ccccc45)c3)ccc2c1. The van der Waals surface area contributed by atoms with Gasteiger partial charge in [-0.15, -0.1) is 11.3 Å². The fourth-order valence-electron chi connectivity index (χ4n) is 6.79. The molecule has 1 aromatic heterocycles. The van der Waals surface area contributed by atoms with E-state index in [2.05, 4.69) is 133 Å². The van der Waals surface area contributed by atoms with E-state index in [0.717, 1.165) is 10.8 Å². The average molecular weight is 564 g/mol. The number of hydrogen-bond donors (Lipinski definition) is 0. The Balaban J connectivity index is 1.29. The quantitative estimate of drug-likeness (QED) is 0.188. The second kappa shape index (κ2) is 9.66. The molecule has 0 spiro atoms. The smallest absolute Gasteiger partial charge is 0.0623 e. The number of thiophene rings is 1. The molecule has 9 aromatic rings. The fourth-order valence-corrected chi connectivity index (χ4v) is 7.88. The standard InChI is InChI=1S/C42H26S/c1-2-11-28-24-30(21-20-27(28)10-1)29-12-9-13-31(25-29)41-34-15-3-5-17-36(34)42(37-18-6-4-16-35(37)41)32-22-23-40-38(26-32)33-14-7-8-19-39(33)43-40/h1-26H/i1D. The summed E-state index contributed by atoms with van der Waals surface area (Å²) >= 11 is 1.86. The van der Waals surface area contributed by atoms with Gasteiger partial charge in [0.25, 0.3) is 0 Å². The lowest BCUT2D eigenvalue weighted by molar-refractivity contribution is 1.63. The molecule has 0 radical (unpaired) electrons. The summed E-state index contributed by atoms with van der Waals surface area (Å²) in [6.45, 7) is 0. The van der Waals surface area contributed by atoms with Crippen LogP contribution < -0.4 is 0 Å². The van der Waals surface area contributed by atoms with Crippen LogP contribution in [0.5, 0.6) is 0 Å². The van der Waals surface area contributed by atoms with Gasteiger partial charge in [-0.2, -0.15) is 0 Å². The number of benzene rings is 8. The van der Waals surface area contributed by atoms with Crippen molar-refractivity contribution in [1.29, 1.82) is 0 Å². The van der Waals surface area contributed by atoms with Crippen molar-refractivity contribution in [2.24, 2.45) is 0 Å². The van der Waals surface area contributed by atoms with E-state index in [-0.39, 0.29) is 0 Å². The van der Waals surface area contributed by atoms with Gasteiger partial charge in [0.1, 0.15) is 0 Å². The van der Waals surface area contributed by atoms with Crippen LogP contribution in [0, 0.1) is 0 Å². The molecule has 1 heterocycles. The van der Waals surface area contributed by atoms with Crippen LogP contribution in [0.3, 0.4) is 0 Å². The van der Waals surface area contributed by atoms with Crippen LogP contribution in [0.2, 0.25) is 0 Å². The fraction of sp³-hybridized carbons (Fsp3) is 0. The normalized spacial score (nSPS) is 12.0. The van der Waals surface area contributed by atoms with Crippen LogP contribution in [0.4, 0.5) is 0 Å². The average Bonchev–Trinajstić information content (AvgIpc) is 3.45. The molecule has 0 nitrogen and oxygen atoms in total. The third-order valence-electron chi connectivity index (χ3n) is 8.77. The number of hydrogen-bond acceptors (Lipinski definition) is 1. The Kier molecular flexibility index (Phi) is 5.24. The zero-order valence-corrected chi connectivity index (χ0v) is 24.2. The van der Waals surface area contributed by atoms with E-state index in [1.54, 1.807) is 0 Å². The van der Waals surface area contributed by atoms with E-state index < -0.39 is 0 Å². The molecule has 200 valence electrons. The first kappa shape index (κ1) is 23.3. The molecule has 0 aliphatic rings. The highest BCUT2D eigenvalue weighted by atomic mass is 32.1. The second-order valence-corrected chi connectivity index (χ2v) is 12.3. The summed E-state index contributed by atoms with van der Waals surface area (Å²) in [6.07, 6.45) is 0. The van der Waals surface area contributed by atoms with Gasteiger partial charge in [0.2, 0.25) is 0 Å².